The van der Waals surface area contributed by atoms with Gasteiger partial charge < -0.3 is 0 Å². The fourth-order valence-corrected chi connectivity index (χ4v) is 3.78. The van der Waals surface area contributed by atoms with Gasteiger partial charge in [-0.1, -0.05) is 30.3 Å². The number of ketones is 1. The number of halogens is 2. The Labute approximate surface area is 108 Å². The highest BCUT2D eigenvalue weighted by molar-refractivity contribution is 9.11. The molecule has 15 heavy (non-hydrogen) atoms. The number of carbonyl (C=O) groups excluding carboxylic acids is 1. The van der Waals surface area contributed by atoms with E-state index in [2.05, 4.69) is 31.9 Å². The lowest BCUT2D eigenvalue weighted by atomic mass is 10.1. The van der Waals surface area contributed by atoms with Crippen molar-refractivity contribution in [1.82, 2.24) is 0 Å². The minimum Gasteiger partial charge on any atom is -0.288 e. The molecule has 2 rings (SSSR count). The van der Waals surface area contributed by atoms with Crippen LogP contribution in [0.25, 0.3) is 0 Å². The second kappa shape index (κ2) is 4.60. The predicted octanol–water partition coefficient (Wildman–Crippen LogP) is 4.50. The second-order valence-corrected chi connectivity index (χ2v) is 6.21. The summed E-state index contributed by atoms with van der Waals surface area (Å²) in [4.78, 5) is 12.8. The highest BCUT2D eigenvalue weighted by Crippen LogP contribution is 2.32. The maximum absolute atomic E-state index is 12.0. The molecule has 76 valence electrons. The molecule has 0 bridgehead atoms. The summed E-state index contributed by atoms with van der Waals surface area (Å²) in [5.74, 6) is 0.0539. The predicted molar refractivity (Wildman–Crippen MR) is 69.6 cm³/mol. The van der Waals surface area contributed by atoms with Crippen molar-refractivity contribution in [2.24, 2.45) is 0 Å². The van der Waals surface area contributed by atoms with E-state index in [4.69, 9.17) is 0 Å². The van der Waals surface area contributed by atoms with E-state index in [9.17, 15) is 4.79 Å². The molecule has 0 aliphatic heterocycles. The number of carbonyl (C=O) groups is 1. The SMILES string of the molecule is O=C(c1ccccc1)c1sc(Br)cc1Br. The minimum absolute atomic E-state index is 0.0539. The van der Waals surface area contributed by atoms with E-state index in [0.29, 0.717) is 5.56 Å². The van der Waals surface area contributed by atoms with Crippen molar-refractivity contribution in [3.63, 3.8) is 0 Å². The van der Waals surface area contributed by atoms with E-state index in [1.54, 1.807) is 0 Å². The Morgan fingerprint density at radius 1 is 1.13 bits per heavy atom. The smallest absolute Gasteiger partial charge is 0.204 e. The topological polar surface area (TPSA) is 17.1 Å². The van der Waals surface area contributed by atoms with Gasteiger partial charge in [0.05, 0.1) is 8.66 Å². The zero-order chi connectivity index (χ0) is 10.8. The third-order valence-electron chi connectivity index (χ3n) is 1.90. The summed E-state index contributed by atoms with van der Waals surface area (Å²) in [6.45, 7) is 0. The zero-order valence-electron chi connectivity index (χ0n) is 7.54. The monoisotopic (exact) mass is 344 g/mol. The molecule has 0 unspecified atom stereocenters. The van der Waals surface area contributed by atoms with Crippen LogP contribution in [0.5, 0.6) is 0 Å². The fraction of sp³-hybridized carbons (Fsp3) is 0. The first-order chi connectivity index (χ1) is 7.18. The summed E-state index contributed by atoms with van der Waals surface area (Å²) in [6.07, 6.45) is 0. The Balaban J connectivity index is 2.41. The van der Waals surface area contributed by atoms with Gasteiger partial charge in [-0.2, -0.15) is 0 Å². The van der Waals surface area contributed by atoms with Crippen molar-refractivity contribution >= 4 is 49.0 Å². The van der Waals surface area contributed by atoms with Crippen LogP contribution >= 0.6 is 43.2 Å². The highest BCUT2D eigenvalue weighted by Gasteiger charge is 2.15. The van der Waals surface area contributed by atoms with Gasteiger partial charge in [0.25, 0.3) is 0 Å². The standard InChI is InChI=1S/C11H6Br2OS/c12-8-6-9(13)15-11(8)10(14)7-4-2-1-3-5-7/h1-6H. The Morgan fingerprint density at radius 3 is 2.33 bits per heavy atom. The van der Waals surface area contributed by atoms with Crippen molar-refractivity contribution in [2.45, 2.75) is 0 Å². The lowest BCUT2D eigenvalue weighted by Gasteiger charge is -1.97. The Morgan fingerprint density at radius 2 is 1.80 bits per heavy atom. The third-order valence-corrected chi connectivity index (χ3v) is 4.42. The van der Waals surface area contributed by atoms with E-state index in [1.165, 1.54) is 11.3 Å². The molecule has 1 nitrogen and oxygen atoms in total. The van der Waals surface area contributed by atoms with Crippen LogP contribution < -0.4 is 0 Å². The summed E-state index contributed by atoms with van der Waals surface area (Å²) in [7, 11) is 0. The van der Waals surface area contributed by atoms with Crippen molar-refractivity contribution in [2.75, 3.05) is 0 Å². The maximum Gasteiger partial charge on any atom is 0.204 e. The van der Waals surface area contributed by atoms with Crippen LogP contribution in [0.1, 0.15) is 15.2 Å². The van der Waals surface area contributed by atoms with Gasteiger partial charge in [-0.05, 0) is 37.9 Å². The third kappa shape index (κ3) is 2.38. The van der Waals surface area contributed by atoms with Gasteiger partial charge in [-0.3, -0.25) is 4.79 Å². The number of thiophene rings is 1. The van der Waals surface area contributed by atoms with Crippen LogP contribution in [0.4, 0.5) is 0 Å². The largest absolute Gasteiger partial charge is 0.288 e. The van der Waals surface area contributed by atoms with E-state index in [1.807, 2.05) is 36.4 Å². The summed E-state index contributed by atoms with van der Waals surface area (Å²) in [6, 6.07) is 11.2. The number of rotatable bonds is 2. The Kier molecular flexibility index (Phi) is 3.38. The molecular formula is C11H6Br2OS. The van der Waals surface area contributed by atoms with Crippen LogP contribution in [0, 0.1) is 0 Å². The van der Waals surface area contributed by atoms with Gasteiger partial charge in [0.1, 0.15) is 0 Å². The lowest BCUT2D eigenvalue weighted by Crippen LogP contribution is -1.98. The molecule has 0 aliphatic carbocycles. The average molecular weight is 346 g/mol. The normalized spacial score (nSPS) is 10.3. The maximum atomic E-state index is 12.0. The zero-order valence-corrected chi connectivity index (χ0v) is 11.5. The van der Waals surface area contributed by atoms with E-state index in [-0.39, 0.29) is 5.78 Å². The quantitative estimate of drug-likeness (QED) is 0.732. The number of hydrogen-bond donors (Lipinski definition) is 0. The average Bonchev–Trinajstić information content (AvgIpc) is 2.58. The number of hydrogen-bond acceptors (Lipinski definition) is 2. The summed E-state index contributed by atoms with van der Waals surface area (Å²) >= 11 is 8.17. The van der Waals surface area contributed by atoms with Crippen molar-refractivity contribution in [1.29, 1.82) is 0 Å². The molecule has 0 saturated carbocycles. The molecule has 0 aliphatic rings. The first kappa shape index (κ1) is 11.0. The van der Waals surface area contributed by atoms with E-state index in [0.717, 1.165) is 13.1 Å². The van der Waals surface area contributed by atoms with E-state index >= 15 is 0 Å². The Hall–Kier alpha value is -0.450. The molecule has 4 heteroatoms. The fourth-order valence-electron chi connectivity index (χ4n) is 1.22. The van der Waals surface area contributed by atoms with E-state index < -0.39 is 0 Å². The van der Waals surface area contributed by atoms with Crippen LogP contribution in [0.15, 0.2) is 44.7 Å². The van der Waals surface area contributed by atoms with Gasteiger partial charge >= 0.3 is 0 Å². The molecule has 1 aromatic heterocycles. The molecular weight excluding hydrogens is 340 g/mol. The molecule has 0 spiro atoms. The van der Waals surface area contributed by atoms with Crippen molar-refractivity contribution < 1.29 is 4.79 Å². The van der Waals surface area contributed by atoms with Crippen molar-refractivity contribution in [3.8, 4) is 0 Å². The van der Waals surface area contributed by atoms with Crippen LogP contribution in [-0.4, -0.2) is 5.78 Å². The second-order valence-electron chi connectivity index (χ2n) is 2.92. The molecule has 0 fully saturated rings. The summed E-state index contributed by atoms with van der Waals surface area (Å²) in [5.41, 5.74) is 0.715. The molecule has 1 heterocycles. The summed E-state index contributed by atoms with van der Waals surface area (Å²) < 4.78 is 1.79. The molecule has 0 amide bonds. The van der Waals surface area contributed by atoms with Gasteiger partial charge in [-0.15, -0.1) is 11.3 Å². The van der Waals surface area contributed by atoms with Gasteiger partial charge in [-0.25, -0.2) is 0 Å². The molecule has 0 N–H and O–H groups in total. The molecule has 2 aromatic rings. The molecule has 0 radical (unpaired) electrons. The van der Waals surface area contributed by atoms with Gasteiger partial charge in [0.2, 0.25) is 5.78 Å². The van der Waals surface area contributed by atoms with Crippen LogP contribution in [0.2, 0.25) is 0 Å². The molecule has 0 saturated heterocycles. The lowest BCUT2D eigenvalue weighted by molar-refractivity contribution is 0.104. The minimum atomic E-state index is 0.0539. The first-order valence-corrected chi connectivity index (χ1v) is 6.63. The van der Waals surface area contributed by atoms with Crippen LogP contribution in [0.3, 0.4) is 0 Å². The van der Waals surface area contributed by atoms with Gasteiger partial charge in [0.15, 0.2) is 0 Å². The highest BCUT2D eigenvalue weighted by atomic mass is 79.9. The Bertz CT molecular complexity index is 491. The first-order valence-electron chi connectivity index (χ1n) is 4.23. The molecule has 1 aromatic carbocycles. The van der Waals surface area contributed by atoms with Crippen molar-refractivity contribution in [3.05, 3.63) is 55.1 Å². The summed E-state index contributed by atoms with van der Waals surface area (Å²) in [5, 5.41) is 0. The number of benzene rings is 1. The van der Waals surface area contributed by atoms with Crippen LogP contribution in [-0.2, 0) is 0 Å². The van der Waals surface area contributed by atoms with Gasteiger partial charge in [0, 0.05) is 10.0 Å². The molecule has 0 atom stereocenters.